The molecule has 1 aromatic carbocycles. The van der Waals surface area contributed by atoms with Crippen LogP contribution in [0.4, 0.5) is 0 Å². The van der Waals surface area contributed by atoms with Crippen LogP contribution < -0.4 is 5.32 Å². The number of rotatable bonds is 4. The van der Waals surface area contributed by atoms with Crippen molar-refractivity contribution in [3.63, 3.8) is 0 Å². The molecular formula is C15H24N2. The first kappa shape index (κ1) is 12.6. The van der Waals surface area contributed by atoms with Gasteiger partial charge in [0.2, 0.25) is 0 Å². The van der Waals surface area contributed by atoms with Gasteiger partial charge in [-0.3, -0.25) is 0 Å². The molecule has 0 radical (unpaired) electrons. The zero-order valence-corrected chi connectivity index (χ0v) is 11.0. The highest BCUT2D eigenvalue weighted by Crippen LogP contribution is 2.17. The van der Waals surface area contributed by atoms with Crippen molar-refractivity contribution >= 4 is 0 Å². The van der Waals surface area contributed by atoms with E-state index < -0.39 is 0 Å². The summed E-state index contributed by atoms with van der Waals surface area (Å²) in [5.41, 5.74) is 1.45. The van der Waals surface area contributed by atoms with E-state index in [1.54, 1.807) is 0 Å². The molecule has 2 atom stereocenters. The average molecular weight is 232 g/mol. The molecule has 17 heavy (non-hydrogen) atoms. The zero-order chi connectivity index (χ0) is 12.1. The van der Waals surface area contributed by atoms with Crippen LogP contribution >= 0.6 is 0 Å². The van der Waals surface area contributed by atoms with Crippen LogP contribution in [0.2, 0.25) is 0 Å². The molecule has 0 spiro atoms. The van der Waals surface area contributed by atoms with Crippen LogP contribution in [0.15, 0.2) is 30.3 Å². The summed E-state index contributed by atoms with van der Waals surface area (Å²) in [6.45, 7) is 4.79. The third-order valence-corrected chi connectivity index (χ3v) is 3.95. The molecular weight excluding hydrogens is 208 g/mol. The van der Waals surface area contributed by atoms with Gasteiger partial charge in [-0.2, -0.15) is 0 Å². The summed E-state index contributed by atoms with van der Waals surface area (Å²) in [4.78, 5) is 2.63. The molecule has 2 nitrogen and oxygen atoms in total. The lowest BCUT2D eigenvalue weighted by Crippen LogP contribution is -2.47. The summed E-state index contributed by atoms with van der Waals surface area (Å²) >= 11 is 0. The third-order valence-electron chi connectivity index (χ3n) is 3.95. The van der Waals surface area contributed by atoms with Gasteiger partial charge in [0.25, 0.3) is 0 Å². The maximum absolute atomic E-state index is 3.40. The van der Waals surface area contributed by atoms with Gasteiger partial charge in [0.15, 0.2) is 0 Å². The summed E-state index contributed by atoms with van der Waals surface area (Å²) in [7, 11) is 2.08. The van der Waals surface area contributed by atoms with Gasteiger partial charge in [-0.25, -0.2) is 0 Å². The molecule has 1 aliphatic heterocycles. The molecule has 1 N–H and O–H groups in total. The molecule has 1 aromatic rings. The number of benzene rings is 1. The molecule has 1 aliphatic rings. The van der Waals surface area contributed by atoms with E-state index in [4.69, 9.17) is 0 Å². The Bertz CT molecular complexity index is 323. The first-order chi connectivity index (χ1) is 8.29. The molecule has 0 amide bonds. The molecule has 1 fully saturated rings. The van der Waals surface area contributed by atoms with Gasteiger partial charge in [-0.1, -0.05) is 30.3 Å². The van der Waals surface area contributed by atoms with Crippen LogP contribution in [0.5, 0.6) is 0 Å². The number of nitrogens with zero attached hydrogens (tertiary/aromatic N) is 1. The van der Waals surface area contributed by atoms with E-state index in [2.05, 4.69) is 54.5 Å². The predicted octanol–water partition coefficient (Wildman–Crippen LogP) is 2.30. The van der Waals surface area contributed by atoms with Crippen LogP contribution in [0.3, 0.4) is 0 Å². The summed E-state index contributed by atoms with van der Waals surface area (Å²) in [6, 6.07) is 12.2. The Morgan fingerprint density at radius 1 is 1.29 bits per heavy atom. The maximum atomic E-state index is 3.40. The molecule has 0 saturated carbocycles. The minimum absolute atomic E-state index is 0.713. The SMILES string of the molecule is CNC1CCN(CCc2ccccc2)C(C)C1. The minimum atomic E-state index is 0.713. The van der Waals surface area contributed by atoms with Crippen LogP contribution in [0.25, 0.3) is 0 Å². The van der Waals surface area contributed by atoms with Crippen molar-refractivity contribution < 1.29 is 0 Å². The van der Waals surface area contributed by atoms with E-state index in [1.165, 1.54) is 37.9 Å². The van der Waals surface area contributed by atoms with E-state index in [0.717, 1.165) is 6.04 Å². The number of hydrogen-bond donors (Lipinski definition) is 1. The van der Waals surface area contributed by atoms with Crippen molar-refractivity contribution in [2.45, 2.75) is 38.3 Å². The fourth-order valence-electron chi connectivity index (χ4n) is 2.73. The number of hydrogen-bond acceptors (Lipinski definition) is 2. The summed E-state index contributed by atoms with van der Waals surface area (Å²) in [5, 5.41) is 3.40. The van der Waals surface area contributed by atoms with E-state index >= 15 is 0 Å². The lowest BCUT2D eigenvalue weighted by molar-refractivity contribution is 0.140. The first-order valence-corrected chi connectivity index (χ1v) is 6.75. The molecule has 2 rings (SSSR count). The van der Waals surface area contributed by atoms with Gasteiger partial charge in [0.1, 0.15) is 0 Å². The van der Waals surface area contributed by atoms with Crippen molar-refractivity contribution in [3.8, 4) is 0 Å². The molecule has 94 valence electrons. The lowest BCUT2D eigenvalue weighted by Gasteiger charge is -2.37. The Morgan fingerprint density at radius 2 is 2.06 bits per heavy atom. The second-order valence-corrected chi connectivity index (χ2v) is 5.13. The van der Waals surface area contributed by atoms with E-state index in [-0.39, 0.29) is 0 Å². The molecule has 1 saturated heterocycles. The summed E-state index contributed by atoms with van der Waals surface area (Å²) < 4.78 is 0. The average Bonchev–Trinajstić information content (AvgIpc) is 2.38. The fraction of sp³-hybridized carbons (Fsp3) is 0.600. The molecule has 2 heteroatoms. The second kappa shape index (κ2) is 6.18. The first-order valence-electron chi connectivity index (χ1n) is 6.75. The van der Waals surface area contributed by atoms with Gasteiger partial charge < -0.3 is 10.2 Å². The van der Waals surface area contributed by atoms with Gasteiger partial charge in [-0.15, -0.1) is 0 Å². The Labute approximate surface area is 105 Å². The molecule has 2 unspecified atom stereocenters. The fourth-order valence-corrected chi connectivity index (χ4v) is 2.73. The highest BCUT2D eigenvalue weighted by molar-refractivity contribution is 5.14. The molecule has 0 aliphatic carbocycles. The Balaban J connectivity index is 1.80. The van der Waals surface area contributed by atoms with E-state index in [0.29, 0.717) is 6.04 Å². The number of nitrogens with one attached hydrogen (secondary N) is 1. The van der Waals surface area contributed by atoms with Gasteiger partial charge >= 0.3 is 0 Å². The van der Waals surface area contributed by atoms with Crippen molar-refractivity contribution in [2.75, 3.05) is 20.1 Å². The van der Waals surface area contributed by atoms with E-state index in [9.17, 15) is 0 Å². The quantitative estimate of drug-likeness (QED) is 0.857. The second-order valence-electron chi connectivity index (χ2n) is 5.13. The normalized spacial score (nSPS) is 26.0. The molecule has 0 bridgehead atoms. The Kier molecular flexibility index (Phi) is 4.57. The third kappa shape index (κ3) is 3.55. The van der Waals surface area contributed by atoms with Crippen molar-refractivity contribution in [2.24, 2.45) is 0 Å². The minimum Gasteiger partial charge on any atom is -0.317 e. The standard InChI is InChI=1S/C15H24N2/c1-13-12-15(16-2)9-11-17(13)10-8-14-6-4-3-5-7-14/h3-7,13,15-16H,8-12H2,1-2H3. The molecule has 0 aromatic heterocycles. The van der Waals surface area contributed by atoms with Crippen molar-refractivity contribution in [1.29, 1.82) is 0 Å². The van der Waals surface area contributed by atoms with Crippen LogP contribution in [-0.2, 0) is 6.42 Å². The highest BCUT2D eigenvalue weighted by atomic mass is 15.2. The van der Waals surface area contributed by atoms with Gasteiger partial charge in [-0.05, 0) is 45.3 Å². The smallest absolute Gasteiger partial charge is 0.00910 e. The monoisotopic (exact) mass is 232 g/mol. The van der Waals surface area contributed by atoms with Crippen molar-refractivity contribution in [1.82, 2.24) is 10.2 Å². The van der Waals surface area contributed by atoms with Gasteiger partial charge in [0.05, 0.1) is 0 Å². The van der Waals surface area contributed by atoms with Gasteiger partial charge in [0, 0.05) is 18.6 Å². The van der Waals surface area contributed by atoms with Crippen LogP contribution in [-0.4, -0.2) is 37.1 Å². The number of piperidine rings is 1. The summed E-state index contributed by atoms with van der Waals surface area (Å²) in [5.74, 6) is 0. The van der Waals surface area contributed by atoms with Crippen LogP contribution in [0.1, 0.15) is 25.3 Å². The molecule has 1 heterocycles. The predicted molar refractivity (Wildman–Crippen MR) is 73.3 cm³/mol. The van der Waals surface area contributed by atoms with E-state index in [1.807, 2.05) is 0 Å². The Morgan fingerprint density at radius 3 is 2.71 bits per heavy atom. The summed E-state index contributed by atoms with van der Waals surface area (Å²) in [6.07, 6.45) is 3.75. The Hall–Kier alpha value is -0.860. The lowest BCUT2D eigenvalue weighted by atomic mass is 9.98. The topological polar surface area (TPSA) is 15.3 Å². The van der Waals surface area contributed by atoms with Crippen molar-refractivity contribution in [3.05, 3.63) is 35.9 Å². The zero-order valence-electron chi connectivity index (χ0n) is 11.0. The number of likely N-dealkylation sites (tertiary alicyclic amines) is 1. The largest absolute Gasteiger partial charge is 0.317 e. The van der Waals surface area contributed by atoms with Crippen LogP contribution in [0, 0.1) is 0 Å². The highest BCUT2D eigenvalue weighted by Gasteiger charge is 2.23. The maximum Gasteiger partial charge on any atom is 0.00910 e.